The second kappa shape index (κ2) is 6.69. The summed E-state index contributed by atoms with van der Waals surface area (Å²) in [7, 11) is 1.07. The maximum absolute atomic E-state index is 12.9. The van der Waals surface area contributed by atoms with Gasteiger partial charge in [0.1, 0.15) is 5.56 Å². The van der Waals surface area contributed by atoms with Gasteiger partial charge in [-0.15, -0.1) is 0 Å². The van der Waals surface area contributed by atoms with Crippen molar-refractivity contribution in [2.24, 2.45) is 0 Å². The summed E-state index contributed by atoms with van der Waals surface area (Å²) >= 11 is 0. The Hall–Kier alpha value is -2.91. The van der Waals surface area contributed by atoms with E-state index in [4.69, 9.17) is 4.74 Å². The number of anilines is 2. The molecule has 0 N–H and O–H groups in total. The molecule has 0 bridgehead atoms. The van der Waals surface area contributed by atoms with E-state index in [-0.39, 0.29) is 18.2 Å². The molecule has 7 nitrogen and oxygen atoms in total. The Kier molecular flexibility index (Phi) is 4.86. The fourth-order valence-electron chi connectivity index (χ4n) is 2.05. The number of nitro benzene ring substituents is 1. The lowest BCUT2D eigenvalue weighted by atomic mass is 10.2. The molecule has 1 heterocycles. The van der Waals surface area contributed by atoms with Gasteiger partial charge in [-0.05, 0) is 13.0 Å². The Morgan fingerprint density at radius 1 is 1.38 bits per heavy atom. The predicted molar refractivity (Wildman–Crippen MR) is 79.4 cm³/mol. The number of rotatable bonds is 5. The number of non-ortho nitro benzene ring substituents is 1. The molecule has 24 heavy (non-hydrogen) atoms. The smallest absolute Gasteiger partial charge is 0.423 e. The van der Waals surface area contributed by atoms with Crippen LogP contribution in [0, 0.1) is 10.1 Å². The van der Waals surface area contributed by atoms with Crippen LogP contribution < -0.4 is 9.64 Å². The van der Waals surface area contributed by atoms with Gasteiger partial charge in [-0.3, -0.25) is 10.1 Å². The van der Waals surface area contributed by atoms with E-state index in [2.05, 4.69) is 9.97 Å². The molecular formula is C14H13F3N4O3. The molecule has 0 saturated heterocycles. The minimum absolute atomic E-state index is 0.0529. The van der Waals surface area contributed by atoms with Gasteiger partial charge in [-0.2, -0.15) is 18.2 Å². The molecule has 2 aromatic rings. The first kappa shape index (κ1) is 17.4. The minimum Gasteiger partial charge on any atom is -0.480 e. The topological polar surface area (TPSA) is 81.4 Å². The Morgan fingerprint density at radius 2 is 2.08 bits per heavy atom. The monoisotopic (exact) mass is 342 g/mol. The number of methoxy groups -OCH3 is 1. The van der Waals surface area contributed by atoms with Crippen LogP contribution in [0.3, 0.4) is 0 Å². The highest BCUT2D eigenvalue weighted by molar-refractivity contribution is 5.61. The van der Waals surface area contributed by atoms with Crippen LogP contribution in [-0.4, -0.2) is 28.5 Å². The molecular weight excluding hydrogens is 329 g/mol. The van der Waals surface area contributed by atoms with Gasteiger partial charge in [-0.25, -0.2) is 4.98 Å². The first-order valence-electron chi connectivity index (χ1n) is 6.78. The van der Waals surface area contributed by atoms with Gasteiger partial charge in [0.2, 0.25) is 11.8 Å². The van der Waals surface area contributed by atoms with Crippen molar-refractivity contribution >= 4 is 17.3 Å². The number of hydrogen-bond donors (Lipinski definition) is 0. The standard InChI is InChI=1S/C14H13F3N4O3/c1-3-20(9-5-4-6-10(7-9)21(22)23)13-18-8-11(14(15,16)17)12(19-13)24-2/h4-8H,3H2,1-2H3. The highest BCUT2D eigenvalue weighted by atomic mass is 19.4. The highest BCUT2D eigenvalue weighted by Gasteiger charge is 2.36. The molecule has 0 atom stereocenters. The molecule has 1 aromatic carbocycles. The molecule has 0 amide bonds. The van der Waals surface area contributed by atoms with Crippen LogP contribution in [0.4, 0.5) is 30.5 Å². The SMILES string of the molecule is CCN(c1cccc([N+](=O)[O-])c1)c1ncc(C(F)(F)F)c(OC)n1. The zero-order valence-corrected chi connectivity index (χ0v) is 12.7. The number of halogens is 3. The Morgan fingerprint density at radius 3 is 2.62 bits per heavy atom. The van der Waals surface area contributed by atoms with Gasteiger partial charge in [0, 0.05) is 24.9 Å². The quantitative estimate of drug-likeness (QED) is 0.610. The van der Waals surface area contributed by atoms with E-state index in [0.717, 1.165) is 7.11 Å². The summed E-state index contributed by atoms with van der Waals surface area (Å²) in [5.41, 5.74) is -0.859. The predicted octanol–water partition coefficient (Wildman–Crippen LogP) is 3.57. The fraction of sp³-hybridized carbons (Fsp3) is 0.286. The van der Waals surface area contributed by atoms with Gasteiger partial charge in [0.15, 0.2) is 0 Å². The fourth-order valence-corrected chi connectivity index (χ4v) is 2.05. The van der Waals surface area contributed by atoms with Crippen molar-refractivity contribution in [1.29, 1.82) is 0 Å². The maximum atomic E-state index is 12.9. The van der Waals surface area contributed by atoms with Crippen LogP contribution in [0.5, 0.6) is 5.88 Å². The molecule has 0 aliphatic heterocycles. The summed E-state index contributed by atoms with van der Waals surface area (Å²) in [6.45, 7) is 2.00. The van der Waals surface area contributed by atoms with Gasteiger partial charge < -0.3 is 9.64 Å². The van der Waals surface area contributed by atoms with Gasteiger partial charge in [0.05, 0.1) is 17.7 Å². The van der Waals surface area contributed by atoms with Crippen molar-refractivity contribution < 1.29 is 22.8 Å². The Balaban J connectivity index is 2.48. The van der Waals surface area contributed by atoms with Crippen molar-refractivity contribution in [2.75, 3.05) is 18.6 Å². The number of alkyl halides is 3. The van der Waals surface area contributed by atoms with E-state index >= 15 is 0 Å². The molecule has 0 aliphatic rings. The van der Waals surface area contributed by atoms with Crippen LogP contribution in [0.1, 0.15) is 12.5 Å². The number of benzene rings is 1. The van der Waals surface area contributed by atoms with Crippen molar-refractivity contribution in [1.82, 2.24) is 9.97 Å². The van der Waals surface area contributed by atoms with E-state index in [1.807, 2.05) is 0 Å². The van der Waals surface area contributed by atoms with E-state index in [0.29, 0.717) is 11.9 Å². The summed E-state index contributed by atoms with van der Waals surface area (Å²) in [4.78, 5) is 19.2. The molecule has 1 aromatic heterocycles. The minimum atomic E-state index is -4.65. The first-order valence-corrected chi connectivity index (χ1v) is 6.78. The van der Waals surface area contributed by atoms with Crippen LogP contribution in [-0.2, 0) is 6.18 Å². The summed E-state index contributed by atoms with van der Waals surface area (Å²) in [6, 6.07) is 5.64. The Labute approximate surface area is 134 Å². The molecule has 2 rings (SSSR count). The molecule has 0 radical (unpaired) electrons. The van der Waals surface area contributed by atoms with E-state index < -0.39 is 22.5 Å². The summed E-state index contributed by atoms with van der Waals surface area (Å²) in [5, 5.41) is 10.9. The zero-order chi connectivity index (χ0) is 17.9. The summed E-state index contributed by atoms with van der Waals surface area (Å²) in [6.07, 6.45) is -4.02. The van der Waals surface area contributed by atoms with Gasteiger partial charge in [-0.1, -0.05) is 6.07 Å². The largest absolute Gasteiger partial charge is 0.480 e. The van der Waals surface area contributed by atoms with Gasteiger partial charge in [0.25, 0.3) is 5.69 Å². The lowest BCUT2D eigenvalue weighted by Crippen LogP contribution is -2.20. The number of ether oxygens (including phenoxy) is 1. The van der Waals surface area contributed by atoms with Crippen molar-refractivity contribution in [3.05, 3.63) is 46.1 Å². The van der Waals surface area contributed by atoms with Crippen molar-refractivity contribution in [2.45, 2.75) is 13.1 Å². The molecule has 0 fully saturated rings. The molecule has 0 saturated carbocycles. The van der Waals surface area contributed by atoms with E-state index in [1.165, 1.54) is 23.1 Å². The van der Waals surface area contributed by atoms with Crippen LogP contribution in [0.15, 0.2) is 30.5 Å². The average Bonchev–Trinajstić information content (AvgIpc) is 2.54. The van der Waals surface area contributed by atoms with Gasteiger partial charge >= 0.3 is 6.18 Å². The summed E-state index contributed by atoms with van der Waals surface area (Å²) < 4.78 is 43.3. The van der Waals surface area contributed by atoms with Crippen molar-refractivity contribution in [3.8, 4) is 5.88 Å². The normalized spacial score (nSPS) is 11.2. The lowest BCUT2D eigenvalue weighted by molar-refractivity contribution is -0.384. The van der Waals surface area contributed by atoms with E-state index in [9.17, 15) is 23.3 Å². The third-order valence-electron chi connectivity index (χ3n) is 3.15. The molecule has 0 spiro atoms. The number of hydrogen-bond acceptors (Lipinski definition) is 6. The first-order chi connectivity index (χ1) is 11.3. The zero-order valence-electron chi connectivity index (χ0n) is 12.7. The third kappa shape index (κ3) is 3.53. The highest BCUT2D eigenvalue weighted by Crippen LogP contribution is 2.36. The van der Waals surface area contributed by atoms with Crippen LogP contribution in [0.2, 0.25) is 0 Å². The molecule has 0 unspecified atom stereocenters. The third-order valence-corrected chi connectivity index (χ3v) is 3.15. The van der Waals surface area contributed by atoms with E-state index in [1.54, 1.807) is 13.0 Å². The molecule has 0 aliphatic carbocycles. The average molecular weight is 342 g/mol. The molecule has 10 heteroatoms. The number of aromatic nitrogens is 2. The van der Waals surface area contributed by atoms with Crippen LogP contribution in [0.25, 0.3) is 0 Å². The summed E-state index contributed by atoms with van der Waals surface area (Å²) in [5.74, 6) is -0.667. The second-order valence-corrected chi connectivity index (χ2v) is 4.61. The van der Waals surface area contributed by atoms with Crippen LogP contribution >= 0.6 is 0 Å². The number of nitrogens with zero attached hydrogens (tertiary/aromatic N) is 4. The molecule has 128 valence electrons. The second-order valence-electron chi connectivity index (χ2n) is 4.61. The van der Waals surface area contributed by atoms with Crippen molar-refractivity contribution in [3.63, 3.8) is 0 Å². The maximum Gasteiger partial charge on any atom is 0.423 e. The lowest BCUT2D eigenvalue weighted by Gasteiger charge is -2.21. The number of nitro groups is 1. The Bertz CT molecular complexity index is 752.